The van der Waals surface area contributed by atoms with Gasteiger partial charge in [-0.25, -0.2) is 0 Å². The second-order valence-electron chi connectivity index (χ2n) is 7.22. The van der Waals surface area contributed by atoms with E-state index in [-0.39, 0.29) is 10.6 Å². The first kappa shape index (κ1) is 22.4. The molecule has 0 radical (unpaired) electrons. The predicted molar refractivity (Wildman–Crippen MR) is 133 cm³/mol. The van der Waals surface area contributed by atoms with Gasteiger partial charge < -0.3 is 10.1 Å². The van der Waals surface area contributed by atoms with E-state index in [1.54, 1.807) is 30.3 Å². The van der Waals surface area contributed by atoms with Crippen molar-refractivity contribution < 1.29 is 9.53 Å². The highest BCUT2D eigenvalue weighted by atomic mass is 35.5. The summed E-state index contributed by atoms with van der Waals surface area (Å²) in [7, 11) is 0. The molecule has 0 fully saturated rings. The first-order valence-corrected chi connectivity index (χ1v) is 10.9. The van der Waals surface area contributed by atoms with Gasteiger partial charge >= 0.3 is 0 Å². The van der Waals surface area contributed by atoms with Crippen molar-refractivity contribution in [3.8, 4) is 11.8 Å². The van der Waals surface area contributed by atoms with Crippen molar-refractivity contribution in [1.29, 1.82) is 5.26 Å². The van der Waals surface area contributed by atoms with Crippen LogP contribution in [0.2, 0.25) is 10.0 Å². The van der Waals surface area contributed by atoms with Gasteiger partial charge in [0.25, 0.3) is 5.91 Å². The number of anilines is 1. The Morgan fingerprint density at radius 2 is 1.73 bits per heavy atom. The molecule has 0 spiro atoms. The maximum atomic E-state index is 12.6. The van der Waals surface area contributed by atoms with Crippen LogP contribution in [-0.2, 0) is 11.4 Å². The molecule has 4 nitrogen and oxygen atoms in total. The van der Waals surface area contributed by atoms with E-state index < -0.39 is 5.91 Å². The fourth-order valence-electron chi connectivity index (χ4n) is 3.38. The van der Waals surface area contributed by atoms with Crippen LogP contribution in [-0.4, -0.2) is 5.91 Å². The smallest absolute Gasteiger partial charge is 0.266 e. The van der Waals surface area contributed by atoms with Crippen molar-refractivity contribution in [2.75, 3.05) is 5.32 Å². The van der Waals surface area contributed by atoms with Crippen molar-refractivity contribution in [3.05, 3.63) is 112 Å². The van der Waals surface area contributed by atoms with E-state index in [1.807, 2.05) is 42.5 Å². The second kappa shape index (κ2) is 10.2. The number of amides is 1. The number of carbonyl (C=O) groups excluding carboxylic acids is 1. The fraction of sp³-hybridized carbons (Fsp3) is 0.0370. The van der Waals surface area contributed by atoms with Crippen LogP contribution < -0.4 is 10.1 Å². The van der Waals surface area contributed by atoms with Gasteiger partial charge in [-0.2, -0.15) is 5.26 Å². The number of nitrogens with zero attached hydrogens (tertiary/aromatic N) is 1. The molecule has 0 bridgehead atoms. The molecule has 0 heterocycles. The standard InChI is InChI=1S/C27H18Cl2N2O2/c28-24-12-5-13-25(26(24)29)31-27(32)21(16-30)14-18-6-3-10-22(15-18)33-17-20-9-4-8-19-7-1-2-11-23(19)20/h1-15H,17H2,(H,31,32)/b21-14+. The molecule has 0 saturated heterocycles. The highest BCUT2D eigenvalue weighted by molar-refractivity contribution is 6.44. The molecule has 162 valence electrons. The second-order valence-corrected chi connectivity index (χ2v) is 8.01. The number of ether oxygens (including phenoxy) is 1. The number of benzene rings is 4. The first-order chi connectivity index (χ1) is 16.0. The largest absolute Gasteiger partial charge is 0.489 e. The predicted octanol–water partition coefficient (Wildman–Crippen LogP) is 7.27. The normalized spacial score (nSPS) is 11.1. The van der Waals surface area contributed by atoms with E-state index >= 15 is 0 Å². The van der Waals surface area contributed by atoms with Gasteiger partial charge in [0, 0.05) is 0 Å². The molecule has 4 rings (SSSR count). The Bertz CT molecular complexity index is 1400. The molecular formula is C27H18Cl2N2O2. The van der Waals surface area contributed by atoms with Crippen molar-refractivity contribution in [2.24, 2.45) is 0 Å². The highest BCUT2D eigenvalue weighted by Crippen LogP contribution is 2.30. The molecule has 4 aromatic carbocycles. The summed E-state index contributed by atoms with van der Waals surface area (Å²) in [5.74, 6) is 0.0519. The lowest BCUT2D eigenvalue weighted by Gasteiger charge is -2.10. The Balaban J connectivity index is 1.50. The van der Waals surface area contributed by atoms with E-state index in [9.17, 15) is 10.1 Å². The highest BCUT2D eigenvalue weighted by Gasteiger charge is 2.13. The van der Waals surface area contributed by atoms with Crippen LogP contribution in [0.4, 0.5) is 5.69 Å². The van der Waals surface area contributed by atoms with Crippen LogP contribution in [0.3, 0.4) is 0 Å². The minimum Gasteiger partial charge on any atom is -0.489 e. The third-order valence-corrected chi connectivity index (χ3v) is 5.83. The fourth-order valence-corrected chi connectivity index (χ4v) is 3.73. The Morgan fingerprint density at radius 3 is 2.58 bits per heavy atom. The summed E-state index contributed by atoms with van der Waals surface area (Å²) >= 11 is 12.1. The maximum Gasteiger partial charge on any atom is 0.266 e. The lowest BCUT2D eigenvalue weighted by Crippen LogP contribution is -2.13. The number of fused-ring (bicyclic) bond motifs is 1. The zero-order valence-corrected chi connectivity index (χ0v) is 18.9. The number of halogens is 2. The van der Waals surface area contributed by atoms with Crippen molar-refractivity contribution >= 4 is 51.6 Å². The molecule has 6 heteroatoms. The van der Waals surface area contributed by atoms with Crippen LogP contribution in [0.25, 0.3) is 16.8 Å². The summed E-state index contributed by atoms with van der Waals surface area (Å²) in [6.07, 6.45) is 1.50. The minimum absolute atomic E-state index is 0.0720. The van der Waals surface area contributed by atoms with Gasteiger partial charge in [-0.05, 0) is 52.2 Å². The lowest BCUT2D eigenvalue weighted by molar-refractivity contribution is -0.112. The van der Waals surface area contributed by atoms with Gasteiger partial charge in [-0.15, -0.1) is 0 Å². The molecule has 0 unspecified atom stereocenters. The van der Waals surface area contributed by atoms with Gasteiger partial charge in [0.15, 0.2) is 0 Å². The van der Waals surface area contributed by atoms with Crippen LogP contribution in [0.5, 0.6) is 5.75 Å². The van der Waals surface area contributed by atoms with Crippen molar-refractivity contribution in [2.45, 2.75) is 6.61 Å². The molecule has 1 N–H and O–H groups in total. The summed E-state index contributed by atoms with van der Waals surface area (Å²) in [5, 5.41) is 15.0. The Labute approximate surface area is 201 Å². The molecule has 1 amide bonds. The SMILES string of the molecule is N#C/C(=C\c1cccc(OCc2cccc3ccccc23)c1)C(=O)Nc1cccc(Cl)c1Cl. The molecule has 0 aliphatic rings. The van der Waals surface area contributed by atoms with Crippen molar-refractivity contribution in [1.82, 2.24) is 0 Å². The minimum atomic E-state index is -0.580. The third kappa shape index (κ3) is 5.35. The van der Waals surface area contributed by atoms with E-state index in [1.165, 1.54) is 6.08 Å². The first-order valence-electron chi connectivity index (χ1n) is 10.1. The van der Waals surface area contributed by atoms with E-state index in [0.29, 0.717) is 28.6 Å². The van der Waals surface area contributed by atoms with Gasteiger partial charge in [-0.1, -0.05) is 83.9 Å². The quantitative estimate of drug-likeness (QED) is 0.237. The van der Waals surface area contributed by atoms with Crippen LogP contribution in [0.1, 0.15) is 11.1 Å². The summed E-state index contributed by atoms with van der Waals surface area (Å²) in [6, 6.07) is 28.3. The Morgan fingerprint density at radius 1 is 0.970 bits per heavy atom. The molecule has 0 saturated carbocycles. The van der Waals surface area contributed by atoms with E-state index in [4.69, 9.17) is 27.9 Å². The molecule has 33 heavy (non-hydrogen) atoms. The molecule has 0 atom stereocenters. The summed E-state index contributed by atoms with van der Waals surface area (Å²) in [4.78, 5) is 12.6. The van der Waals surface area contributed by atoms with Crippen LogP contribution in [0.15, 0.2) is 90.5 Å². The lowest BCUT2D eigenvalue weighted by atomic mass is 10.1. The number of rotatable bonds is 6. The molecular weight excluding hydrogens is 455 g/mol. The molecule has 4 aromatic rings. The monoisotopic (exact) mass is 472 g/mol. The molecule has 0 aliphatic carbocycles. The van der Waals surface area contributed by atoms with Crippen LogP contribution in [0, 0.1) is 11.3 Å². The summed E-state index contributed by atoms with van der Waals surface area (Å²) < 4.78 is 6.00. The van der Waals surface area contributed by atoms with Gasteiger partial charge in [-0.3, -0.25) is 4.79 Å². The van der Waals surface area contributed by atoms with Crippen LogP contribution >= 0.6 is 23.2 Å². The average Bonchev–Trinajstić information content (AvgIpc) is 2.84. The third-order valence-electron chi connectivity index (χ3n) is 5.01. The Kier molecular flexibility index (Phi) is 6.95. The molecule has 0 aromatic heterocycles. The van der Waals surface area contributed by atoms with Gasteiger partial charge in [0.1, 0.15) is 24.0 Å². The van der Waals surface area contributed by atoms with E-state index in [0.717, 1.165) is 16.3 Å². The average molecular weight is 473 g/mol. The topological polar surface area (TPSA) is 62.1 Å². The zero-order valence-electron chi connectivity index (χ0n) is 17.4. The van der Waals surface area contributed by atoms with Gasteiger partial charge in [0.2, 0.25) is 0 Å². The number of hydrogen-bond donors (Lipinski definition) is 1. The number of nitrogens with one attached hydrogen (secondary N) is 1. The number of carbonyl (C=O) groups is 1. The molecule has 0 aliphatic heterocycles. The van der Waals surface area contributed by atoms with E-state index in [2.05, 4.69) is 23.5 Å². The van der Waals surface area contributed by atoms with Crippen molar-refractivity contribution in [3.63, 3.8) is 0 Å². The Hall–Kier alpha value is -3.78. The van der Waals surface area contributed by atoms with Gasteiger partial charge in [0.05, 0.1) is 15.7 Å². The summed E-state index contributed by atoms with van der Waals surface area (Å²) in [5.41, 5.74) is 2.00. The summed E-state index contributed by atoms with van der Waals surface area (Å²) in [6.45, 7) is 0.396. The zero-order chi connectivity index (χ0) is 23.2. The number of nitriles is 1. The maximum absolute atomic E-state index is 12.6. The number of hydrogen-bond acceptors (Lipinski definition) is 3.